The third-order valence-electron chi connectivity index (χ3n) is 4.19. The average molecular weight is 290 g/mol. The second-order valence-electron chi connectivity index (χ2n) is 5.33. The molecule has 22 heavy (non-hydrogen) atoms. The van der Waals surface area contributed by atoms with Gasteiger partial charge >= 0.3 is 0 Å². The van der Waals surface area contributed by atoms with E-state index < -0.39 is 0 Å². The van der Waals surface area contributed by atoms with Gasteiger partial charge in [-0.25, -0.2) is 0 Å². The van der Waals surface area contributed by atoms with Crippen molar-refractivity contribution in [3.63, 3.8) is 0 Å². The van der Waals surface area contributed by atoms with Gasteiger partial charge in [0.2, 0.25) is 0 Å². The molecule has 1 aliphatic heterocycles. The highest BCUT2D eigenvalue weighted by Crippen LogP contribution is 2.32. The first kappa shape index (κ1) is 13.0. The molecule has 0 bridgehead atoms. The number of para-hydroxylation sites is 1. The summed E-state index contributed by atoms with van der Waals surface area (Å²) in [6.07, 6.45) is 3.72. The molecule has 110 valence electrons. The molecule has 0 amide bonds. The van der Waals surface area contributed by atoms with Gasteiger partial charge in [-0.15, -0.1) is 5.53 Å². The largest absolute Gasteiger partial charge is 0.341 e. The van der Waals surface area contributed by atoms with Gasteiger partial charge in [-0.05, 0) is 37.3 Å². The Morgan fingerprint density at radius 2 is 1.91 bits per heavy atom. The van der Waals surface area contributed by atoms with Crippen LogP contribution in [0.1, 0.15) is 6.92 Å². The Morgan fingerprint density at radius 1 is 1.09 bits per heavy atom. The minimum absolute atomic E-state index is 0.963. The number of hydrogen-bond donors (Lipinski definition) is 2. The zero-order valence-electron chi connectivity index (χ0n) is 12.5. The number of aromatic nitrogens is 1. The molecular weight excluding hydrogens is 272 g/mol. The van der Waals surface area contributed by atoms with Crippen molar-refractivity contribution in [3.05, 3.63) is 67.0 Å². The quantitative estimate of drug-likeness (QED) is 0.772. The molecule has 4 rings (SSSR count). The molecule has 3 aromatic rings. The highest BCUT2D eigenvalue weighted by Gasteiger charge is 2.16. The maximum absolute atomic E-state index is 3.85. The van der Waals surface area contributed by atoms with Crippen LogP contribution in [-0.4, -0.2) is 4.57 Å². The fourth-order valence-corrected chi connectivity index (χ4v) is 3.19. The van der Waals surface area contributed by atoms with Crippen LogP contribution in [0.4, 0.5) is 5.69 Å². The fourth-order valence-electron chi connectivity index (χ4n) is 3.19. The Balaban J connectivity index is 1.96. The lowest BCUT2D eigenvalue weighted by atomic mass is 10.1. The average Bonchev–Trinajstić information content (AvgIpc) is 3.16. The van der Waals surface area contributed by atoms with Crippen LogP contribution in [0.3, 0.4) is 0 Å². The van der Waals surface area contributed by atoms with Gasteiger partial charge in [-0.2, -0.15) is 0 Å². The summed E-state index contributed by atoms with van der Waals surface area (Å²) in [5.41, 5.74) is 10.8. The van der Waals surface area contributed by atoms with Crippen molar-refractivity contribution in [1.82, 2.24) is 15.5 Å². The van der Waals surface area contributed by atoms with E-state index in [1.54, 1.807) is 0 Å². The molecule has 2 heterocycles. The summed E-state index contributed by atoms with van der Waals surface area (Å²) >= 11 is 0. The molecular formula is C18H18N4. The molecule has 2 aromatic carbocycles. The highest BCUT2D eigenvalue weighted by atomic mass is 15.7. The molecule has 0 fully saturated rings. The van der Waals surface area contributed by atoms with Crippen molar-refractivity contribution in [3.8, 4) is 0 Å². The van der Waals surface area contributed by atoms with E-state index in [1.807, 2.05) is 17.3 Å². The molecule has 0 spiro atoms. The van der Waals surface area contributed by atoms with Gasteiger partial charge < -0.3 is 9.99 Å². The standard InChI is InChI=1S/C18H18N4/c1-3-13-12-19-20-22(13)14-9-10-18-16(11-14)15-7-5-6-8-17(15)21(18)4-2/h3,5-12,19-20H,1,4H2,2H3. The predicted octanol–water partition coefficient (Wildman–Crippen LogP) is 3.67. The number of hydrazine groups is 2. The molecule has 4 nitrogen and oxygen atoms in total. The van der Waals surface area contributed by atoms with Crippen LogP contribution >= 0.6 is 0 Å². The Hall–Kier alpha value is -2.72. The SMILES string of the molecule is C=CC1=CNNN1c1ccc2c(c1)c1ccccc1n2CC. The third kappa shape index (κ3) is 1.74. The summed E-state index contributed by atoms with van der Waals surface area (Å²) in [5, 5.41) is 4.55. The molecule has 0 aliphatic carbocycles. The second-order valence-corrected chi connectivity index (χ2v) is 5.33. The number of hydrogen-bond acceptors (Lipinski definition) is 3. The van der Waals surface area contributed by atoms with E-state index in [2.05, 4.69) is 71.5 Å². The highest BCUT2D eigenvalue weighted by molar-refractivity contribution is 6.09. The number of nitrogens with one attached hydrogen (secondary N) is 2. The van der Waals surface area contributed by atoms with Crippen molar-refractivity contribution in [2.45, 2.75) is 13.5 Å². The van der Waals surface area contributed by atoms with Crippen LogP contribution in [-0.2, 0) is 6.54 Å². The molecule has 2 N–H and O–H groups in total. The Labute approximate surface area is 129 Å². The summed E-state index contributed by atoms with van der Waals surface area (Å²) < 4.78 is 2.36. The fraction of sp³-hybridized carbons (Fsp3) is 0.111. The van der Waals surface area contributed by atoms with E-state index in [0.717, 1.165) is 17.9 Å². The molecule has 1 aliphatic rings. The number of allylic oxidation sites excluding steroid dienone is 1. The lowest BCUT2D eigenvalue weighted by Gasteiger charge is -2.19. The molecule has 0 saturated carbocycles. The second kappa shape index (κ2) is 4.93. The number of fused-ring (bicyclic) bond motifs is 3. The molecule has 0 unspecified atom stereocenters. The maximum atomic E-state index is 3.85. The molecule has 0 saturated heterocycles. The molecule has 0 atom stereocenters. The van der Waals surface area contributed by atoms with Gasteiger partial charge in [-0.1, -0.05) is 24.8 Å². The molecule has 0 radical (unpaired) electrons. The number of benzene rings is 2. The number of aryl methyl sites for hydroxylation is 1. The summed E-state index contributed by atoms with van der Waals surface area (Å²) in [4.78, 5) is 0. The van der Waals surface area contributed by atoms with Crippen molar-refractivity contribution >= 4 is 27.5 Å². The Bertz CT molecular complexity index is 904. The monoisotopic (exact) mass is 290 g/mol. The first-order chi connectivity index (χ1) is 10.8. The van der Waals surface area contributed by atoms with E-state index in [-0.39, 0.29) is 0 Å². The van der Waals surface area contributed by atoms with Gasteiger partial charge in [0.05, 0.1) is 11.4 Å². The van der Waals surface area contributed by atoms with Crippen molar-refractivity contribution in [2.75, 3.05) is 5.01 Å². The van der Waals surface area contributed by atoms with Gasteiger partial charge in [0, 0.05) is 34.6 Å². The summed E-state index contributed by atoms with van der Waals surface area (Å²) in [6, 6.07) is 15.1. The normalized spacial score (nSPS) is 14.4. The maximum Gasteiger partial charge on any atom is 0.0761 e. The van der Waals surface area contributed by atoms with E-state index in [4.69, 9.17) is 0 Å². The lowest BCUT2D eigenvalue weighted by molar-refractivity contribution is 0.675. The van der Waals surface area contributed by atoms with Gasteiger partial charge in [0.15, 0.2) is 0 Å². The first-order valence-electron chi connectivity index (χ1n) is 7.48. The number of anilines is 1. The topological polar surface area (TPSA) is 32.2 Å². The summed E-state index contributed by atoms with van der Waals surface area (Å²) in [6.45, 7) is 7.00. The summed E-state index contributed by atoms with van der Waals surface area (Å²) in [5.74, 6) is 0. The predicted molar refractivity (Wildman–Crippen MR) is 92.1 cm³/mol. The van der Waals surface area contributed by atoms with E-state index in [1.165, 1.54) is 21.8 Å². The van der Waals surface area contributed by atoms with Crippen molar-refractivity contribution in [2.24, 2.45) is 0 Å². The zero-order valence-corrected chi connectivity index (χ0v) is 12.5. The van der Waals surface area contributed by atoms with E-state index in [0.29, 0.717) is 0 Å². The van der Waals surface area contributed by atoms with Crippen molar-refractivity contribution in [1.29, 1.82) is 0 Å². The van der Waals surface area contributed by atoms with Crippen LogP contribution in [0, 0.1) is 0 Å². The summed E-state index contributed by atoms with van der Waals surface area (Å²) in [7, 11) is 0. The Morgan fingerprint density at radius 3 is 2.73 bits per heavy atom. The minimum Gasteiger partial charge on any atom is -0.341 e. The van der Waals surface area contributed by atoms with Gasteiger partial charge in [0.25, 0.3) is 0 Å². The number of rotatable bonds is 3. The smallest absolute Gasteiger partial charge is 0.0761 e. The first-order valence-corrected chi connectivity index (χ1v) is 7.48. The minimum atomic E-state index is 0.963. The van der Waals surface area contributed by atoms with Crippen LogP contribution in [0.2, 0.25) is 0 Å². The van der Waals surface area contributed by atoms with E-state index >= 15 is 0 Å². The van der Waals surface area contributed by atoms with Crippen LogP contribution in [0.15, 0.2) is 67.0 Å². The molecule has 1 aromatic heterocycles. The van der Waals surface area contributed by atoms with E-state index in [9.17, 15) is 0 Å². The zero-order chi connectivity index (χ0) is 15.1. The Kier molecular flexibility index (Phi) is 2.91. The van der Waals surface area contributed by atoms with Crippen LogP contribution < -0.4 is 16.0 Å². The van der Waals surface area contributed by atoms with Crippen LogP contribution in [0.5, 0.6) is 0 Å². The van der Waals surface area contributed by atoms with Crippen LogP contribution in [0.25, 0.3) is 21.8 Å². The van der Waals surface area contributed by atoms with Crippen molar-refractivity contribution < 1.29 is 0 Å². The van der Waals surface area contributed by atoms with Gasteiger partial charge in [-0.3, -0.25) is 5.01 Å². The lowest BCUT2D eigenvalue weighted by Crippen LogP contribution is -2.37. The number of nitrogens with zero attached hydrogens (tertiary/aromatic N) is 2. The molecule has 4 heteroatoms. The third-order valence-corrected chi connectivity index (χ3v) is 4.19. The van der Waals surface area contributed by atoms with Gasteiger partial charge in [0.1, 0.15) is 0 Å².